The standard InChI is InChI=1S/C23H30N4O10S2/c1-11(28)33-8-16(34-12(2)29)18(35-13(3)30)19(36-14(4)31)20(37-15(5)32)23(39-7)27-10-26-17-21(27)24-9-25-22(17)38-6/h9-10,16,18-20,23H,8H2,1-7H3/t16-,18-,19+,20+,23+/m1/s1. The molecule has 39 heavy (non-hydrogen) atoms. The molecule has 0 amide bonds. The smallest absolute Gasteiger partial charge is 0.303 e. The van der Waals surface area contributed by atoms with Gasteiger partial charge in [0.1, 0.15) is 28.9 Å². The van der Waals surface area contributed by atoms with Crippen LogP contribution in [0.15, 0.2) is 17.7 Å². The molecular weight excluding hydrogens is 556 g/mol. The van der Waals surface area contributed by atoms with Crippen molar-refractivity contribution in [3.8, 4) is 0 Å². The average molecular weight is 587 g/mol. The summed E-state index contributed by atoms with van der Waals surface area (Å²) >= 11 is 2.55. The Bertz CT molecular complexity index is 1210. The molecule has 0 saturated heterocycles. The Hall–Kier alpha value is -3.40. The number of nitrogens with zero attached hydrogens (tertiary/aromatic N) is 4. The van der Waals surface area contributed by atoms with Crippen LogP contribution in [0.4, 0.5) is 0 Å². The molecule has 0 N–H and O–H groups in total. The molecule has 0 saturated carbocycles. The van der Waals surface area contributed by atoms with Crippen LogP contribution in [-0.2, 0) is 47.7 Å². The van der Waals surface area contributed by atoms with E-state index >= 15 is 0 Å². The number of thioether (sulfide) groups is 2. The Balaban J connectivity index is 2.74. The second-order valence-corrected chi connectivity index (χ2v) is 9.76. The van der Waals surface area contributed by atoms with E-state index in [-0.39, 0.29) is 0 Å². The van der Waals surface area contributed by atoms with Crippen molar-refractivity contribution in [3.63, 3.8) is 0 Å². The zero-order valence-electron chi connectivity index (χ0n) is 22.4. The van der Waals surface area contributed by atoms with E-state index < -0.39 is 66.2 Å². The molecule has 2 aromatic heterocycles. The highest BCUT2D eigenvalue weighted by Gasteiger charge is 2.47. The highest BCUT2D eigenvalue weighted by Crippen LogP contribution is 2.35. The largest absolute Gasteiger partial charge is 0.462 e. The molecule has 0 bridgehead atoms. The molecule has 14 nitrogen and oxygen atoms in total. The number of carbonyl (C=O) groups is 5. The summed E-state index contributed by atoms with van der Waals surface area (Å²) in [4.78, 5) is 73.2. The molecule has 214 valence electrons. The summed E-state index contributed by atoms with van der Waals surface area (Å²) in [6, 6.07) is 0. The van der Waals surface area contributed by atoms with Crippen LogP contribution in [0, 0.1) is 0 Å². The van der Waals surface area contributed by atoms with Gasteiger partial charge in [-0.05, 0) is 12.5 Å². The van der Waals surface area contributed by atoms with Gasteiger partial charge in [0.25, 0.3) is 0 Å². The minimum atomic E-state index is -1.56. The highest BCUT2D eigenvalue weighted by atomic mass is 32.2. The van der Waals surface area contributed by atoms with Gasteiger partial charge in [0.15, 0.2) is 30.1 Å². The maximum Gasteiger partial charge on any atom is 0.303 e. The lowest BCUT2D eigenvalue weighted by molar-refractivity contribution is -0.203. The summed E-state index contributed by atoms with van der Waals surface area (Å²) in [6.45, 7) is 5.04. The molecule has 0 radical (unpaired) electrons. The maximum absolute atomic E-state index is 12.3. The van der Waals surface area contributed by atoms with Crippen LogP contribution in [0.25, 0.3) is 11.2 Å². The second-order valence-electron chi connectivity index (χ2n) is 8.01. The first-order valence-electron chi connectivity index (χ1n) is 11.5. The number of ether oxygens (including phenoxy) is 5. The molecule has 16 heteroatoms. The van der Waals surface area contributed by atoms with Gasteiger partial charge in [-0.1, -0.05) is 0 Å². The van der Waals surface area contributed by atoms with Crippen LogP contribution in [-0.4, -0.2) is 92.9 Å². The van der Waals surface area contributed by atoms with Gasteiger partial charge in [-0.3, -0.25) is 28.5 Å². The van der Waals surface area contributed by atoms with Gasteiger partial charge in [-0.2, -0.15) is 0 Å². The minimum absolute atomic E-state index is 0.396. The maximum atomic E-state index is 12.3. The molecule has 0 unspecified atom stereocenters. The average Bonchev–Trinajstić information content (AvgIpc) is 3.27. The van der Waals surface area contributed by atoms with E-state index in [1.165, 1.54) is 36.2 Å². The third-order valence-electron chi connectivity index (χ3n) is 5.00. The third kappa shape index (κ3) is 8.81. The summed E-state index contributed by atoms with van der Waals surface area (Å²) < 4.78 is 28.7. The predicted molar refractivity (Wildman–Crippen MR) is 139 cm³/mol. The summed E-state index contributed by atoms with van der Waals surface area (Å²) in [7, 11) is 0. The first-order chi connectivity index (χ1) is 18.4. The van der Waals surface area contributed by atoms with Crippen LogP contribution in [0.3, 0.4) is 0 Å². The van der Waals surface area contributed by atoms with Crippen LogP contribution in [0.2, 0.25) is 0 Å². The topological polar surface area (TPSA) is 175 Å². The molecular formula is C23H30N4O10S2. The first kappa shape index (κ1) is 31.8. The van der Waals surface area contributed by atoms with E-state index in [1.54, 1.807) is 10.8 Å². The number of fused-ring (bicyclic) bond motifs is 1. The zero-order valence-corrected chi connectivity index (χ0v) is 24.1. The van der Waals surface area contributed by atoms with E-state index in [0.29, 0.717) is 16.2 Å². The zero-order chi connectivity index (χ0) is 29.3. The number of hydrogen-bond donors (Lipinski definition) is 0. The quantitative estimate of drug-likeness (QED) is 0.143. The SMILES string of the molecule is CSc1ncnc2c1ncn2[C@@H](SC)[C@@H](OC(C)=O)[C@@H](OC(C)=O)[C@H](OC(C)=O)[C@@H](COC(C)=O)OC(C)=O. The Labute approximate surface area is 232 Å². The van der Waals surface area contributed by atoms with E-state index in [0.717, 1.165) is 34.6 Å². The van der Waals surface area contributed by atoms with Crippen LogP contribution >= 0.6 is 23.5 Å². The van der Waals surface area contributed by atoms with Gasteiger partial charge in [0.05, 0.1) is 6.33 Å². The van der Waals surface area contributed by atoms with E-state index in [2.05, 4.69) is 15.0 Å². The molecule has 5 atom stereocenters. The molecule has 2 aromatic rings. The van der Waals surface area contributed by atoms with Crippen molar-refractivity contribution in [2.45, 2.75) is 69.4 Å². The van der Waals surface area contributed by atoms with Crippen LogP contribution in [0.5, 0.6) is 0 Å². The predicted octanol–water partition coefficient (Wildman–Crippen LogP) is 1.70. The molecule has 0 aliphatic carbocycles. The molecule has 2 heterocycles. The Morgan fingerprint density at radius 1 is 0.769 bits per heavy atom. The van der Waals surface area contributed by atoms with Crippen molar-refractivity contribution in [2.24, 2.45) is 0 Å². The lowest BCUT2D eigenvalue weighted by Crippen LogP contribution is -2.54. The van der Waals surface area contributed by atoms with E-state index in [9.17, 15) is 24.0 Å². The molecule has 0 aliphatic heterocycles. The summed E-state index contributed by atoms with van der Waals surface area (Å²) in [5.41, 5.74) is 0.881. The molecule has 2 rings (SSSR count). The van der Waals surface area contributed by atoms with Crippen LogP contribution in [0.1, 0.15) is 40.0 Å². The number of aromatic nitrogens is 4. The molecule has 0 fully saturated rings. The lowest BCUT2D eigenvalue weighted by atomic mass is 10.0. The van der Waals surface area contributed by atoms with Gasteiger partial charge < -0.3 is 23.7 Å². The Morgan fingerprint density at radius 3 is 1.85 bits per heavy atom. The Morgan fingerprint density at radius 2 is 1.33 bits per heavy atom. The number of rotatable bonds is 13. The normalized spacial score (nSPS) is 14.8. The van der Waals surface area contributed by atoms with Crippen molar-refractivity contribution >= 4 is 64.5 Å². The molecule has 0 aliphatic rings. The van der Waals surface area contributed by atoms with Gasteiger partial charge in [-0.15, -0.1) is 23.5 Å². The first-order valence-corrected chi connectivity index (χ1v) is 14.0. The van der Waals surface area contributed by atoms with Gasteiger partial charge in [-0.25, -0.2) is 15.0 Å². The van der Waals surface area contributed by atoms with Gasteiger partial charge in [0.2, 0.25) is 0 Å². The fourth-order valence-corrected chi connectivity index (χ4v) is 5.07. The Kier molecular flexibility index (Phi) is 12.0. The van der Waals surface area contributed by atoms with Crippen molar-refractivity contribution < 1.29 is 47.7 Å². The van der Waals surface area contributed by atoms with Crippen molar-refractivity contribution in [2.75, 3.05) is 19.1 Å². The van der Waals surface area contributed by atoms with Crippen molar-refractivity contribution in [1.29, 1.82) is 0 Å². The molecule has 0 spiro atoms. The van der Waals surface area contributed by atoms with E-state index in [4.69, 9.17) is 23.7 Å². The fourth-order valence-electron chi connectivity index (χ4n) is 3.72. The number of hydrogen-bond acceptors (Lipinski definition) is 15. The number of imidazole rings is 1. The minimum Gasteiger partial charge on any atom is -0.462 e. The monoisotopic (exact) mass is 586 g/mol. The highest BCUT2D eigenvalue weighted by molar-refractivity contribution is 7.99. The van der Waals surface area contributed by atoms with Gasteiger partial charge >= 0.3 is 29.8 Å². The van der Waals surface area contributed by atoms with E-state index in [1.807, 2.05) is 6.26 Å². The van der Waals surface area contributed by atoms with Gasteiger partial charge in [0, 0.05) is 34.6 Å². The lowest BCUT2D eigenvalue weighted by Gasteiger charge is -2.38. The third-order valence-corrected chi connectivity index (χ3v) is 6.67. The van der Waals surface area contributed by atoms with Crippen LogP contribution < -0.4 is 0 Å². The fraction of sp³-hybridized carbons (Fsp3) is 0.565. The number of esters is 5. The van der Waals surface area contributed by atoms with Crippen molar-refractivity contribution in [1.82, 2.24) is 19.5 Å². The summed E-state index contributed by atoms with van der Waals surface area (Å²) in [5, 5.41) is -0.245. The summed E-state index contributed by atoms with van der Waals surface area (Å²) in [5.74, 6) is -3.88. The molecule has 0 aromatic carbocycles. The second kappa shape index (κ2) is 14.7. The summed E-state index contributed by atoms with van der Waals surface area (Å²) in [6.07, 6.45) is 0.490. The van der Waals surface area contributed by atoms with Crippen molar-refractivity contribution in [3.05, 3.63) is 12.7 Å². The number of carbonyl (C=O) groups excluding carboxylic acids is 5.